The summed E-state index contributed by atoms with van der Waals surface area (Å²) in [7, 11) is 0. The van der Waals surface area contributed by atoms with Crippen LogP contribution in [-0.2, 0) is 11.2 Å². The third kappa shape index (κ3) is 2.76. The lowest BCUT2D eigenvalue weighted by atomic mass is 9.84. The van der Waals surface area contributed by atoms with Gasteiger partial charge in [0.1, 0.15) is 0 Å². The molecule has 2 nitrogen and oxygen atoms in total. The van der Waals surface area contributed by atoms with Crippen molar-refractivity contribution in [1.29, 1.82) is 0 Å². The quantitative estimate of drug-likeness (QED) is 0.884. The van der Waals surface area contributed by atoms with Gasteiger partial charge < -0.3 is 10.1 Å². The van der Waals surface area contributed by atoms with Crippen LogP contribution >= 0.6 is 0 Å². The van der Waals surface area contributed by atoms with Crippen molar-refractivity contribution in [1.82, 2.24) is 5.32 Å². The summed E-state index contributed by atoms with van der Waals surface area (Å²) < 4.78 is 5.50. The highest BCUT2D eigenvalue weighted by atomic mass is 16.5. The molecule has 1 aromatic rings. The van der Waals surface area contributed by atoms with Crippen LogP contribution in [0.1, 0.15) is 36.3 Å². The Morgan fingerprint density at radius 3 is 2.72 bits per heavy atom. The second kappa shape index (κ2) is 5.85. The molecule has 0 saturated carbocycles. The van der Waals surface area contributed by atoms with Crippen molar-refractivity contribution in [2.45, 2.75) is 31.6 Å². The number of rotatable bonds is 3. The van der Waals surface area contributed by atoms with Gasteiger partial charge in [0, 0.05) is 13.2 Å². The summed E-state index contributed by atoms with van der Waals surface area (Å²) in [5.41, 5.74) is 3.17. The topological polar surface area (TPSA) is 21.3 Å². The fourth-order valence-electron chi connectivity index (χ4n) is 3.31. The second-order valence-corrected chi connectivity index (χ2v) is 5.66. The maximum absolute atomic E-state index is 5.50. The first kappa shape index (κ1) is 12.2. The molecule has 1 N–H and O–H groups in total. The lowest BCUT2D eigenvalue weighted by molar-refractivity contribution is 0.186. The van der Waals surface area contributed by atoms with E-state index >= 15 is 0 Å². The SMILES string of the molecule is c1ccc(C2CCNCC2)c(CC2CCOC2)c1. The number of nitrogens with one attached hydrogen (secondary N) is 1. The van der Waals surface area contributed by atoms with Crippen molar-refractivity contribution in [3.8, 4) is 0 Å². The standard InChI is InChI=1S/C16H23NO/c1-2-4-16(14-5-8-17-9-6-14)15(3-1)11-13-7-10-18-12-13/h1-4,13-14,17H,5-12H2. The summed E-state index contributed by atoms with van der Waals surface area (Å²) in [6.45, 7) is 4.26. The van der Waals surface area contributed by atoms with Gasteiger partial charge in [0.2, 0.25) is 0 Å². The largest absolute Gasteiger partial charge is 0.381 e. The van der Waals surface area contributed by atoms with Crippen LogP contribution in [0.4, 0.5) is 0 Å². The maximum Gasteiger partial charge on any atom is 0.0498 e. The van der Waals surface area contributed by atoms with Gasteiger partial charge in [-0.15, -0.1) is 0 Å². The summed E-state index contributed by atoms with van der Waals surface area (Å²) >= 11 is 0. The van der Waals surface area contributed by atoms with Gasteiger partial charge >= 0.3 is 0 Å². The molecule has 2 fully saturated rings. The fourth-order valence-corrected chi connectivity index (χ4v) is 3.31. The molecule has 1 unspecified atom stereocenters. The summed E-state index contributed by atoms with van der Waals surface area (Å²) in [6, 6.07) is 9.07. The zero-order valence-corrected chi connectivity index (χ0v) is 11.0. The number of piperidine rings is 1. The molecule has 18 heavy (non-hydrogen) atoms. The molecule has 2 saturated heterocycles. The van der Waals surface area contributed by atoms with Crippen molar-refractivity contribution in [3.05, 3.63) is 35.4 Å². The molecule has 98 valence electrons. The van der Waals surface area contributed by atoms with Gasteiger partial charge in [-0.1, -0.05) is 24.3 Å². The van der Waals surface area contributed by atoms with E-state index in [1.54, 1.807) is 11.1 Å². The van der Waals surface area contributed by atoms with Gasteiger partial charge in [-0.25, -0.2) is 0 Å². The zero-order chi connectivity index (χ0) is 12.2. The number of ether oxygens (including phenoxy) is 1. The molecule has 0 spiro atoms. The lowest BCUT2D eigenvalue weighted by Crippen LogP contribution is -2.27. The Morgan fingerprint density at radius 1 is 1.11 bits per heavy atom. The van der Waals surface area contributed by atoms with Gasteiger partial charge in [0.15, 0.2) is 0 Å². The first-order chi connectivity index (χ1) is 8.93. The van der Waals surface area contributed by atoms with Gasteiger partial charge in [-0.3, -0.25) is 0 Å². The Morgan fingerprint density at radius 2 is 1.94 bits per heavy atom. The number of benzene rings is 1. The molecule has 3 rings (SSSR count). The average Bonchev–Trinajstić information content (AvgIpc) is 2.93. The normalized spacial score (nSPS) is 25.4. The predicted molar refractivity (Wildman–Crippen MR) is 73.9 cm³/mol. The zero-order valence-electron chi connectivity index (χ0n) is 11.0. The summed E-state index contributed by atoms with van der Waals surface area (Å²) in [4.78, 5) is 0. The van der Waals surface area contributed by atoms with E-state index in [9.17, 15) is 0 Å². The minimum Gasteiger partial charge on any atom is -0.381 e. The van der Waals surface area contributed by atoms with E-state index in [2.05, 4.69) is 29.6 Å². The molecular weight excluding hydrogens is 222 g/mol. The molecule has 2 aliphatic heterocycles. The van der Waals surface area contributed by atoms with Gasteiger partial charge in [0.25, 0.3) is 0 Å². The minimum absolute atomic E-state index is 0.743. The monoisotopic (exact) mass is 245 g/mol. The van der Waals surface area contributed by atoms with Crippen molar-refractivity contribution >= 4 is 0 Å². The number of hydrogen-bond donors (Lipinski definition) is 1. The Balaban J connectivity index is 1.75. The second-order valence-electron chi connectivity index (χ2n) is 5.66. The van der Waals surface area contributed by atoms with E-state index in [-0.39, 0.29) is 0 Å². The van der Waals surface area contributed by atoms with Gasteiger partial charge in [-0.05, 0) is 61.7 Å². The first-order valence-electron chi connectivity index (χ1n) is 7.30. The molecule has 0 aliphatic carbocycles. The third-order valence-corrected chi connectivity index (χ3v) is 4.37. The van der Waals surface area contributed by atoms with E-state index in [1.807, 2.05) is 0 Å². The molecule has 0 aromatic heterocycles. The molecule has 2 aliphatic rings. The summed E-state index contributed by atoms with van der Waals surface area (Å²) in [6.07, 6.45) is 5.02. The van der Waals surface area contributed by atoms with Crippen LogP contribution in [0.2, 0.25) is 0 Å². The highest BCUT2D eigenvalue weighted by Crippen LogP contribution is 2.30. The Labute approximate surface area is 110 Å². The first-order valence-corrected chi connectivity index (χ1v) is 7.30. The van der Waals surface area contributed by atoms with Gasteiger partial charge in [0.05, 0.1) is 0 Å². The predicted octanol–water partition coefficient (Wildman–Crippen LogP) is 2.73. The molecule has 1 aromatic carbocycles. The van der Waals surface area contributed by atoms with Crippen molar-refractivity contribution in [2.24, 2.45) is 5.92 Å². The summed E-state index contributed by atoms with van der Waals surface area (Å²) in [5, 5.41) is 3.46. The highest BCUT2D eigenvalue weighted by Gasteiger charge is 2.21. The summed E-state index contributed by atoms with van der Waals surface area (Å²) in [5.74, 6) is 1.51. The van der Waals surface area contributed by atoms with Crippen LogP contribution in [0.5, 0.6) is 0 Å². The van der Waals surface area contributed by atoms with E-state index in [4.69, 9.17) is 4.74 Å². The molecule has 0 amide bonds. The Hall–Kier alpha value is -0.860. The van der Waals surface area contributed by atoms with Crippen LogP contribution in [0.3, 0.4) is 0 Å². The van der Waals surface area contributed by atoms with Crippen molar-refractivity contribution in [3.63, 3.8) is 0 Å². The van der Waals surface area contributed by atoms with Crippen molar-refractivity contribution in [2.75, 3.05) is 26.3 Å². The van der Waals surface area contributed by atoms with E-state index < -0.39 is 0 Å². The Bertz CT molecular complexity index is 378. The smallest absolute Gasteiger partial charge is 0.0498 e. The van der Waals surface area contributed by atoms with Crippen molar-refractivity contribution < 1.29 is 4.74 Å². The van der Waals surface area contributed by atoms with Crippen LogP contribution in [-0.4, -0.2) is 26.3 Å². The van der Waals surface area contributed by atoms with Gasteiger partial charge in [-0.2, -0.15) is 0 Å². The maximum atomic E-state index is 5.50. The molecule has 0 bridgehead atoms. The molecule has 2 heterocycles. The minimum atomic E-state index is 0.743. The molecule has 2 heteroatoms. The third-order valence-electron chi connectivity index (χ3n) is 4.37. The lowest BCUT2D eigenvalue weighted by Gasteiger charge is -2.25. The fraction of sp³-hybridized carbons (Fsp3) is 0.625. The molecule has 1 atom stereocenters. The highest BCUT2D eigenvalue weighted by molar-refractivity contribution is 5.31. The van der Waals surface area contributed by atoms with E-state index in [1.165, 1.54) is 38.8 Å². The van der Waals surface area contributed by atoms with Crippen LogP contribution in [0, 0.1) is 5.92 Å². The van der Waals surface area contributed by atoms with E-state index in [0.717, 1.165) is 25.0 Å². The molecular formula is C16H23NO. The Kier molecular flexibility index (Phi) is 3.96. The average molecular weight is 245 g/mol. The van der Waals surface area contributed by atoms with Crippen LogP contribution in [0.25, 0.3) is 0 Å². The van der Waals surface area contributed by atoms with E-state index in [0.29, 0.717) is 0 Å². The molecule has 0 radical (unpaired) electrons. The van der Waals surface area contributed by atoms with Crippen LogP contribution in [0.15, 0.2) is 24.3 Å². The van der Waals surface area contributed by atoms with Crippen LogP contribution < -0.4 is 5.32 Å². The number of hydrogen-bond acceptors (Lipinski definition) is 2.